The highest BCUT2D eigenvalue weighted by Crippen LogP contribution is 2.53. The van der Waals surface area contributed by atoms with E-state index in [2.05, 4.69) is 39.1 Å². The van der Waals surface area contributed by atoms with Gasteiger partial charge in [0, 0.05) is 17.4 Å². The molecule has 3 rings (SSSR count). The molecule has 1 amide bonds. The first-order valence-corrected chi connectivity index (χ1v) is 10.7. The maximum absolute atomic E-state index is 12.4. The molecule has 4 nitrogen and oxygen atoms in total. The Bertz CT molecular complexity index is 525. The number of carbonyl (C=O) groups is 1. The second kappa shape index (κ2) is 8.33. The minimum absolute atomic E-state index is 0.0989. The molecule has 1 heterocycles. The van der Waals surface area contributed by atoms with Crippen LogP contribution in [0.15, 0.2) is 11.6 Å². The van der Waals surface area contributed by atoms with Crippen LogP contribution in [0.1, 0.15) is 72.6 Å². The molecule has 1 N–H and O–H groups in total. The second-order valence-corrected chi connectivity index (χ2v) is 8.94. The molecule has 2 fully saturated rings. The third-order valence-corrected chi connectivity index (χ3v) is 7.33. The number of fused-ring (bicyclic) bond motifs is 2. The van der Waals surface area contributed by atoms with Gasteiger partial charge in [0.1, 0.15) is 6.61 Å². The Labute approximate surface area is 159 Å². The van der Waals surface area contributed by atoms with Crippen LogP contribution in [-0.2, 0) is 9.47 Å². The lowest BCUT2D eigenvalue weighted by molar-refractivity contribution is -0.164. The Balaban J connectivity index is 1.65. The topological polar surface area (TPSA) is 47.6 Å². The smallest absolute Gasteiger partial charge is 0.407 e. The molecule has 4 heteroatoms. The number of carbonyl (C=O) groups excluding carboxylic acids is 1. The van der Waals surface area contributed by atoms with Gasteiger partial charge in [-0.2, -0.15) is 0 Å². The van der Waals surface area contributed by atoms with Crippen molar-refractivity contribution in [1.29, 1.82) is 0 Å². The fourth-order valence-electron chi connectivity index (χ4n) is 5.59. The zero-order valence-electron chi connectivity index (χ0n) is 17.1. The van der Waals surface area contributed by atoms with Crippen molar-refractivity contribution in [2.45, 2.75) is 84.8 Å². The van der Waals surface area contributed by atoms with E-state index in [0.29, 0.717) is 43.1 Å². The first kappa shape index (κ1) is 19.7. The van der Waals surface area contributed by atoms with Crippen LogP contribution < -0.4 is 5.32 Å². The average Bonchev–Trinajstić information content (AvgIpc) is 2.61. The van der Waals surface area contributed by atoms with E-state index in [-0.39, 0.29) is 11.5 Å². The van der Waals surface area contributed by atoms with Crippen LogP contribution in [0.3, 0.4) is 0 Å². The zero-order chi connectivity index (χ0) is 18.7. The quantitative estimate of drug-likeness (QED) is 0.693. The van der Waals surface area contributed by atoms with Crippen molar-refractivity contribution >= 4 is 6.09 Å². The highest BCUT2D eigenvalue weighted by molar-refractivity contribution is 5.67. The number of rotatable bonds is 5. The molecule has 0 aromatic heterocycles. The molecule has 148 valence electrons. The van der Waals surface area contributed by atoms with Crippen LogP contribution in [0.2, 0.25) is 0 Å². The lowest BCUT2D eigenvalue weighted by Gasteiger charge is -2.55. The fourth-order valence-corrected chi connectivity index (χ4v) is 5.59. The van der Waals surface area contributed by atoms with Crippen molar-refractivity contribution in [2.24, 2.45) is 23.2 Å². The predicted molar refractivity (Wildman–Crippen MR) is 104 cm³/mol. The van der Waals surface area contributed by atoms with Crippen LogP contribution in [0.25, 0.3) is 0 Å². The lowest BCUT2D eigenvalue weighted by Crippen LogP contribution is -2.57. The van der Waals surface area contributed by atoms with Crippen LogP contribution in [-0.4, -0.2) is 31.5 Å². The first-order valence-electron chi connectivity index (χ1n) is 10.7. The summed E-state index contributed by atoms with van der Waals surface area (Å²) in [7, 11) is 0. The highest BCUT2D eigenvalue weighted by Gasteiger charge is 2.53. The molecule has 1 saturated heterocycles. The molecule has 26 heavy (non-hydrogen) atoms. The normalized spacial score (nSPS) is 37.8. The predicted octanol–water partition coefficient (Wildman–Crippen LogP) is 5.08. The van der Waals surface area contributed by atoms with Gasteiger partial charge in [-0.15, -0.1) is 0 Å². The van der Waals surface area contributed by atoms with Gasteiger partial charge in [0.25, 0.3) is 0 Å². The van der Waals surface area contributed by atoms with E-state index in [1.165, 1.54) is 24.8 Å². The van der Waals surface area contributed by atoms with Gasteiger partial charge < -0.3 is 14.8 Å². The molecule has 0 aromatic carbocycles. The fraction of sp³-hybridized carbons (Fsp3) is 0.864. The third kappa shape index (κ3) is 3.81. The van der Waals surface area contributed by atoms with Crippen molar-refractivity contribution in [3.8, 4) is 0 Å². The number of alkyl carbamates (subject to hydrolysis) is 1. The van der Waals surface area contributed by atoms with Crippen molar-refractivity contribution in [3.05, 3.63) is 11.6 Å². The number of amides is 1. The number of nitrogens with one attached hydrogen (secondary N) is 1. The average molecular weight is 364 g/mol. The molecular formula is C22H37NO3. The van der Waals surface area contributed by atoms with Crippen molar-refractivity contribution in [2.75, 3.05) is 13.2 Å². The summed E-state index contributed by atoms with van der Waals surface area (Å²) < 4.78 is 12.1. The number of hydrogen-bond donors (Lipinski definition) is 1. The summed E-state index contributed by atoms with van der Waals surface area (Å²) in [5, 5.41) is 3.08. The largest absolute Gasteiger partial charge is 0.449 e. The minimum Gasteiger partial charge on any atom is -0.449 e. The van der Waals surface area contributed by atoms with Gasteiger partial charge >= 0.3 is 6.09 Å². The monoisotopic (exact) mass is 363 g/mol. The van der Waals surface area contributed by atoms with Crippen molar-refractivity contribution < 1.29 is 14.3 Å². The summed E-state index contributed by atoms with van der Waals surface area (Å²) in [6.07, 6.45) is 10.6. The van der Waals surface area contributed by atoms with E-state index < -0.39 is 0 Å². The van der Waals surface area contributed by atoms with Crippen LogP contribution in [0, 0.1) is 23.2 Å². The molecule has 3 aliphatic rings. The molecule has 0 aromatic rings. The lowest BCUT2D eigenvalue weighted by atomic mass is 9.56. The third-order valence-electron chi connectivity index (χ3n) is 7.33. The molecule has 0 spiro atoms. The Hall–Kier alpha value is -1.03. The summed E-state index contributed by atoms with van der Waals surface area (Å²) in [6.45, 7) is 10.2. The van der Waals surface area contributed by atoms with E-state index >= 15 is 0 Å². The van der Waals surface area contributed by atoms with Gasteiger partial charge in [0.2, 0.25) is 0 Å². The second-order valence-electron chi connectivity index (χ2n) is 8.94. The van der Waals surface area contributed by atoms with E-state index in [4.69, 9.17) is 9.47 Å². The van der Waals surface area contributed by atoms with E-state index in [1.807, 2.05) is 0 Å². The van der Waals surface area contributed by atoms with Gasteiger partial charge in [-0.3, -0.25) is 0 Å². The van der Waals surface area contributed by atoms with Gasteiger partial charge in [0.05, 0.1) is 12.7 Å². The Morgan fingerprint density at radius 3 is 2.73 bits per heavy atom. The van der Waals surface area contributed by atoms with Gasteiger partial charge in [-0.05, 0) is 38.0 Å². The Morgan fingerprint density at radius 2 is 2.04 bits per heavy atom. The summed E-state index contributed by atoms with van der Waals surface area (Å²) in [4.78, 5) is 12.4. The van der Waals surface area contributed by atoms with Crippen LogP contribution in [0.4, 0.5) is 4.79 Å². The standard InChI is InChI=1S/C22H37NO3/c1-5-9-19-20-15(2)12-16(3)22(13-25-19,17(20)4)14-26-21(24)23-18-10-7-6-8-11-18/h12,16-20H,5-11,13-14H2,1-4H3,(H,23,24)/t16-,17-,19+,20-,22-/m1/s1. The maximum Gasteiger partial charge on any atom is 0.407 e. The molecule has 0 unspecified atom stereocenters. The number of hydrogen-bond acceptors (Lipinski definition) is 3. The van der Waals surface area contributed by atoms with Crippen molar-refractivity contribution in [1.82, 2.24) is 5.32 Å². The number of allylic oxidation sites excluding steroid dienone is 1. The van der Waals surface area contributed by atoms with Crippen LogP contribution >= 0.6 is 0 Å². The zero-order valence-corrected chi connectivity index (χ0v) is 17.1. The first-order chi connectivity index (χ1) is 12.5. The van der Waals surface area contributed by atoms with E-state index in [1.54, 1.807) is 0 Å². The van der Waals surface area contributed by atoms with Crippen molar-refractivity contribution in [3.63, 3.8) is 0 Å². The SMILES string of the molecule is CCC[C@@H]1OC[C@@]2(COC(=O)NC3CCCCC3)[C@H](C)C=C(C)[C@@H]1[C@H]2C. The molecule has 2 aliphatic carbocycles. The molecule has 2 bridgehead atoms. The maximum atomic E-state index is 12.4. The summed E-state index contributed by atoms with van der Waals surface area (Å²) in [5.74, 6) is 1.28. The molecule has 5 atom stereocenters. The van der Waals surface area contributed by atoms with E-state index in [9.17, 15) is 4.79 Å². The Kier molecular flexibility index (Phi) is 6.32. The molecular weight excluding hydrogens is 326 g/mol. The Morgan fingerprint density at radius 1 is 1.31 bits per heavy atom. The van der Waals surface area contributed by atoms with Gasteiger partial charge in [-0.1, -0.05) is 58.1 Å². The van der Waals surface area contributed by atoms with E-state index in [0.717, 1.165) is 25.7 Å². The molecule has 1 saturated carbocycles. The van der Waals surface area contributed by atoms with Gasteiger partial charge in [-0.25, -0.2) is 4.79 Å². The van der Waals surface area contributed by atoms with Crippen LogP contribution in [0.5, 0.6) is 0 Å². The minimum atomic E-state index is -0.246. The summed E-state index contributed by atoms with van der Waals surface area (Å²) in [6, 6.07) is 0.293. The summed E-state index contributed by atoms with van der Waals surface area (Å²) in [5.41, 5.74) is 1.35. The van der Waals surface area contributed by atoms with Gasteiger partial charge in [0.15, 0.2) is 0 Å². The molecule has 0 radical (unpaired) electrons. The summed E-state index contributed by atoms with van der Waals surface area (Å²) >= 11 is 0. The molecule has 1 aliphatic heterocycles. The highest BCUT2D eigenvalue weighted by atomic mass is 16.6. The number of ether oxygens (including phenoxy) is 2.